The minimum atomic E-state index is 0.183. The number of fused-ring (bicyclic) bond motifs is 1. The van der Waals surface area contributed by atoms with Crippen molar-refractivity contribution in [3.63, 3.8) is 0 Å². The molecular weight excluding hydrogens is 210 g/mol. The van der Waals surface area contributed by atoms with Crippen LogP contribution in [-0.4, -0.2) is 20.2 Å². The lowest BCUT2D eigenvalue weighted by Crippen LogP contribution is -2.30. The third-order valence-corrected chi connectivity index (χ3v) is 3.71. The van der Waals surface area contributed by atoms with Crippen molar-refractivity contribution in [2.75, 3.05) is 25.1 Å². The van der Waals surface area contributed by atoms with E-state index in [1.54, 1.807) is 0 Å². The molecule has 0 saturated heterocycles. The van der Waals surface area contributed by atoms with Gasteiger partial charge in [-0.1, -0.05) is 20.8 Å². The average Bonchev–Trinajstić information content (AvgIpc) is 2.22. The largest absolute Gasteiger partial charge is 0.489 e. The van der Waals surface area contributed by atoms with Gasteiger partial charge in [0.15, 0.2) is 0 Å². The highest BCUT2D eigenvalue weighted by molar-refractivity contribution is 5.67. The monoisotopic (exact) mass is 233 g/mol. The maximum Gasteiger partial charge on any atom is 0.145 e. The lowest BCUT2D eigenvalue weighted by molar-refractivity contribution is 0.308. The second kappa shape index (κ2) is 3.94. The Bertz CT molecular complexity index is 443. The number of benzene rings is 1. The fraction of sp³-hybridized carbons (Fsp3) is 0.600. The second-order valence-electron chi connectivity index (χ2n) is 6.04. The SMILES string of the molecule is Cc1c(C(C)(C)C)cc2c(c1C)OCCN2C. The summed E-state index contributed by atoms with van der Waals surface area (Å²) < 4.78 is 5.83. The van der Waals surface area contributed by atoms with E-state index in [0.29, 0.717) is 0 Å². The van der Waals surface area contributed by atoms with Gasteiger partial charge < -0.3 is 9.64 Å². The van der Waals surface area contributed by atoms with Crippen LogP contribution in [0.4, 0.5) is 5.69 Å². The molecule has 0 radical (unpaired) electrons. The standard InChI is InChI=1S/C15H23NO/c1-10-11(2)14-13(16(6)7-8-17-14)9-12(10)15(3,4)5/h9H,7-8H2,1-6H3. The predicted octanol–water partition coefficient (Wildman–Crippen LogP) is 3.43. The molecule has 0 aromatic heterocycles. The van der Waals surface area contributed by atoms with Crippen molar-refractivity contribution in [2.45, 2.75) is 40.0 Å². The number of likely N-dealkylation sites (N-methyl/N-ethyl adjacent to an activating group) is 1. The summed E-state index contributed by atoms with van der Waals surface area (Å²) in [5, 5.41) is 0. The van der Waals surface area contributed by atoms with Crippen molar-refractivity contribution in [3.05, 3.63) is 22.8 Å². The van der Waals surface area contributed by atoms with E-state index < -0.39 is 0 Å². The average molecular weight is 233 g/mol. The molecule has 2 nitrogen and oxygen atoms in total. The van der Waals surface area contributed by atoms with Gasteiger partial charge in [-0.3, -0.25) is 0 Å². The van der Waals surface area contributed by atoms with E-state index in [-0.39, 0.29) is 5.41 Å². The van der Waals surface area contributed by atoms with Gasteiger partial charge in [-0.15, -0.1) is 0 Å². The topological polar surface area (TPSA) is 12.5 Å². The molecule has 0 fully saturated rings. The van der Waals surface area contributed by atoms with E-state index in [1.807, 2.05) is 0 Å². The summed E-state index contributed by atoms with van der Waals surface area (Å²) in [6, 6.07) is 2.30. The zero-order chi connectivity index (χ0) is 12.8. The van der Waals surface area contributed by atoms with E-state index >= 15 is 0 Å². The number of rotatable bonds is 0. The smallest absolute Gasteiger partial charge is 0.145 e. The summed E-state index contributed by atoms with van der Waals surface area (Å²) in [7, 11) is 2.14. The summed E-state index contributed by atoms with van der Waals surface area (Å²) in [6.07, 6.45) is 0. The normalized spacial score (nSPS) is 15.5. The van der Waals surface area contributed by atoms with E-state index in [1.165, 1.54) is 22.4 Å². The van der Waals surface area contributed by atoms with Crippen LogP contribution in [0, 0.1) is 13.8 Å². The van der Waals surface area contributed by atoms with Crippen LogP contribution in [0.5, 0.6) is 5.75 Å². The predicted molar refractivity (Wildman–Crippen MR) is 73.4 cm³/mol. The Kier molecular flexibility index (Phi) is 2.84. The number of ether oxygens (including phenoxy) is 1. The van der Waals surface area contributed by atoms with Crippen LogP contribution in [0.15, 0.2) is 6.07 Å². The van der Waals surface area contributed by atoms with Crippen LogP contribution in [-0.2, 0) is 5.41 Å². The summed E-state index contributed by atoms with van der Waals surface area (Å²) in [5.41, 5.74) is 5.50. The molecule has 2 rings (SSSR count). The van der Waals surface area contributed by atoms with Crippen molar-refractivity contribution >= 4 is 5.69 Å². The van der Waals surface area contributed by atoms with Crippen LogP contribution < -0.4 is 9.64 Å². The van der Waals surface area contributed by atoms with Crippen LogP contribution in [0.3, 0.4) is 0 Å². The first-order valence-electron chi connectivity index (χ1n) is 6.31. The van der Waals surface area contributed by atoms with Gasteiger partial charge in [-0.25, -0.2) is 0 Å². The molecular formula is C15H23NO. The molecule has 0 amide bonds. The molecule has 1 aromatic carbocycles. The summed E-state index contributed by atoms with van der Waals surface area (Å²) in [5.74, 6) is 1.07. The number of nitrogens with zero attached hydrogens (tertiary/aromatic N) is 1. The van der Waals surface area contributed by atoms with Crippen molar-refractivity contribution in [1.82, 2.24) is 0 Å². The minimum absolute atomic E-state index is 0.183. The van der Waals surface area contributed by atoms with Gasteiger partial charge >= 0.3 is 0 Å². The highest BCUT2D eigenvalue weighted by Crippen LogP contribution is 2.41. The first-order chi connectivity index (χ1) is 7.82. The molecule has 0 bridgehead atoms. The highest BCUT2D eigenvalue weighted by Gasteiger charge is 2.25. The summed E-state index contributed by atoms with van der Waals surface area (Å²) in [6.45, 7) is 12.9. The molecule has 1 aliphatic heterocycles. The molecule has 17 heavy (non-hydrogen) atoms. The van der Waals surface area contributed by atoms with Gasteiger partial charge in [0, 0.05) is 7.05 Å². The molecule has 0 aliphatic carbocycles. The Labute approximate surface area is 105 Å². The third kappa shape index (κ3) is 2.01. The molecule has 2 heteroatoms. The summed E-state index contributed by atoms with van der Waals surface area (Å²) in [4.78, 5) is 2.29. The highest BCUT2D eigenvalue weighted by atomic mass is 16.5. The van der Waals surface area contributed by atoms with Crippen LogP contribution in [0.1, 0.15) is 37.5 Å². The van der Waals surface area contributed by atoms with Crippen molar-refractivity contribution in [1.29, 1.82) is 0 Å². The van der Waals surface area contributed by atoms with Gasteiger partial charge in [-0.05, 0) is 42.0 Å². The van der Waals surface area contributed by atoms with E-state index in [4.69, 9.17) is 4.74 Å². The fourth-order valence-corrected chi connectivity index (χ4v) is 2.52. The second-order valence-corrected chi connectivity index (χ2v) is 6.04. The number of anilines is 1. The first kappa shape index (κ1) is 12.3. The Morgan fingerprint density at radius 3 is 2.41 bits per heavy atom. The Morgan fingerprint density at radius 2 is 1.82 bits per heavy atom. The molecule has 94 valence electrons. The van der Waals surface area contributed by atoms with E-state index in [0.717, 1.165) is 18.9 Å². The molecule has 0 N–H and O–H groups in total. The Balaban J connectivity index is 2.66. The number of hydrogen-bond acceptors (Lipinski definition) is 2. The lowest BCUT2D eigenvalue weighted by Gasteiger charge is -2.33. The minimum Gasteiger partial charge on any atom is -0.489 e. The molecule has 0 atom stereocenters. The third-order valence-electron chi connectivity index (χ3n) is 3.71. The molecule has 0 saturated carbocycles. The Morgan fingerprint density at radius 1 is 1.18 bits per heavy atom. The zero-order valence-corrected chi connectivity index (χ0v) is 11.8. The van der Waals surface area contributed by atoms with Crippen LogP contribution in [0.2, 0.25) is 0 Å². The van der Waals surface area contributed by atoms with Gasteiger partial charge in [0.2, 0.25) is 0 Å². The van der Waals surface area contributed by atoms with Gasteiger partial charge in [-0.2, -0.15) is 0 Å². The van der Waals surface area contributed by atoms with Gasteiger partial charge in [0.25, 0.3) is 0 Å². The molecule has 1 aliphatic rings. The van der Waals surface area contributed by atoms with E-state index in [9.17, 15) is 0 Å². The van der Waals surface area contributed by atoms with Crippen molar-refractivity contribution in [2.24, 2.45) is 0 Å². The van der Waals surface area contributed by atoms with Crippen molar-refractivity contribution < 1.29 is 4.74 Å². The molecule has 1 aromatic rings. The zero-order valence-electron chi connectivity index (χ0n) is 11.8. The van der Waals surface area contributed by atoms with Crippen molar-refractivity contribution in [3.8, 4) is 5.75 Å². The maximum atomic E-state index is 5.83. The summed E-state index contributed by atoms with van der Waals surface area (Å²) >= 11 is 0. The fourth-order valence-electron chi connectivity index (χ4n) is 2.52. The van der Waals surface area contributed by atoms with Gasteiger partial charge in [0.1, 0.15) is 12.4 Å². The molecule has 0 spiro atoms. The van der Waals surface area contributed by atoms with Gasteiger partial charge in [0.05, 0.1) is 12.2 Å². The first-order valence-corrected chi connectivity index (χ1v) is 6.31. The molecule has 0 unspecified atom stereocenters. The van der Waals surface area contributed by atoms with Crippen LogP contribution in [0.25, 0.3) is 0 Å². The van der Waals surface area contributed by atoms with Crippen LogP contribution >= 0.6 is 0 Å². The lowest BCUT2D eigenvalue weighted by atomic mass is 9.82. The molecule has 1 heterocycles. The number of hydrogen-bond donors (Lipinski definition) is 0. The maximum absolute atomic E-state index is 5.83. The Hall–Kier alpha value is -1.18. The quantitative estimate of drug-likeness (QED) is 0.680. The van der Waals surface area contributed by atoms with E-state index in [2.05, 4.69) is 52.6 Å².